The lowest BCUT2D eigenvalue weighted by Crippen LogP contribution is -2.40. The van der Waals surface area contributed by atoms with Gasteiger partial charge in [-0.3, -0.25) is 9.69 Å². The molecule has 0 aliphatic rings. The molecule has 0 atom stereocenters. The molecule has 0 saturated heterocycles. The highest BCUT2D eigenvalue weighted by molar-refractivity contribution is 5.75. The lowest BCUT2D eigenvalue weighted by atomic mass is 10.3. The molecule has 0 heterocycles. The van der Waals surface area contributed by atoms with Crippen molar-refractivity contribution < 1.29 is 14.6 Å². The normalized spacial score (nSPS) is 11.2. The SMILES string of the molecule is CC(C)N(CCOCCO)CC(N)=O. The number of hydrogen-bond acceptors (Lipinski definition) is 4. The van der Waals surface area contributed by atoms with E-state index in [0.717, 1.165) is 0 Å². The van der Waals surface area contributed by atoms with E-state index in [-0.39, 0.29) is 25.1 Å². The van der Waals surface area contributed by atoms with Crippen molar-refractivity contribution in [2.45, 2.75) is 19.9 Å². The number of ether oxygens (including phenoxy) is 1. The molecule has 0 aliphatic carbocycles. The molecule has 3 N–H and O–H groups in total. The van der Waals surface area contributed by atoms with Gasteiger partial charge in [-0.15, -0.1) is 0 Å². The Balaban J connectivity index is 3.68. The van der Waals surface area contributed by atoms with Crippen molar-refractivity contribution in [2.75, 3.05) is 32.9 Å². The molecule has 0 rings (SSSR count). The first-order valence-corrected chi connectivity index (χ1v) is 4.79. The molecule has 0 saturated carbocycles. The number of hydrogen-bond donors (Lipinski definition) is 2. The number of aliphatic hydroxyl groups excluding tert-OH is 1. The quantitative estimate of drug-likeness (QED) is 0.507. The first-order chi connectivity index (χ1) is 6.57. The first-order valence-electron chi connectivity index (χ1n) is 4.79. The van der Waals surface area contributed by atoms with Crippen LogP contribution in [-0.4, -0.2) is 54.9 Å². The van der Waals surface area contributed by atoms with Crippen LogP contribution in [0.3, 0.4) is 0 Å². The fourth-order valence-electron chi connectivity index (χ4n) is 1.07. The number of primary amides is 1. The number of carbonyl (C=O) groups excluding carboxylic acids is 1. The largest absolute Gasteiger partial charge is 0.394 e. The predicted octanol–water partition coefficient (Wildman–Crippen LogP) is -0.809. The monoisotopic (exact) mass is 204 g/mol. The fraction of sp³-hybridized carbons (Fsp3) is 0.889. The number of nitrogens with zero attached hydrogens (tertiary/aromatic N) is 1. The van der Waals surface area contributed by atoms with Gasteiger partial charge in [0.2, 0.25) is 5.91 Å². The summed E-state index contributed by atoms with van der Waals surface area (Å²) in [6, 6.07) is 0.264. The molecule has 0 unspecified atom stereocenters. The second-order valence-electron chi connectivity index (χ2n) is 3.37. The van der Waals surface area contributed by atoms with Gasteiger partial charge in [0.25, 0.3) is 0 Å². The van der Waals surface area contributed by atoms with E-state index in [9.17, 15) is 4.79 Å². The average molecular weight is 204 g/mol. The Morgan fingerprint density at radius 3 is 2.57 bits per heavy atom. The molecule has 5 nitrogen and oxygen atoms in total. The predicted molar refractivity (Wildman–Crippen MR) is 53.8 cm³/mol. The molecule has 14 heavy (non-hydrogen) atoms. The summed E-state index contributed by atoms with van der Waals surface area (Å²) in [5.74, 6) is -0.333. The average Bonchev–Trinajstić information content (AvgIpc) is 2.09. The van der Waals surface area contributed by atoms with E-state index in [0.29, 0.717) is 19.8 Å². The Labute approximate surface area is 84.8 Å². The third-order valence-corrected chi connectivity index (χ3v) is 1.85. The third-order valence-electron chi connectivity index (χ3n) is 1.85. The van der Waals surface area contributed by atoms with E-state index >= 15 is 0 Å². The zero-order valence-corrected chi connectivity index (χ0v) is 8.90. The zero-order chi connectivity index (χ0) is 11.0. The second-order valence-corrected chi connectivity index (χ2v) is 3.37. The van der Waals surface area contributed by atoms with E-state index in [2.05, 4.69) is 0 Å². The molecule has 0 aromatic heterocycles. The molecule has 0 aromatic carbocycles. The smallest absolute Gasteiger partial charge is 0.231 e. The van der Waals surface area contributed by atoms with E-state index in [1.807, 2.05) is 18.7 Å². The van der Waals surface area contributed by atoms with Gasteiger partial charge in [0.1, 0.15) is 0 Å². The highest BCUT2D eigenvalue weighted by Crippen LogP contribution is 1.96. The summed E-state index contributed by atoms with van der Waals surface area (Å²) in [5.41, 5.74) is 5.10. The van der Waals surface area contributed by atoms with Crippen LogP contribution in [0.2, 0.25) is 0 Å². The van der Waals surface area contributed by atoms with E-state index in [1.165, 1.54) is 0 Å². The number of amides is 1. The topological polar surface area (TPSA) is 75.8 Å². The molecule has 84 valence electrons. The van der Waals surface area contributed by atoms with E-state index in [1.54, 1.807) is 0 Å². The Morgan fingerprint density at radius 2 is 2.14 bits per heavy atom. The van der Waals surface area contributed by atoms with Crippen LogP contribution in [0.25, 0.3) is 0 Å². The molecule has 1 amide bonds. The summed E-state index contributed by atoms with van der Waals surface area (Å²) >= 11 is 0. The highest BCUT2D eigenvalue weighted by Gasteiger charge is 2.11. The molecule has 5 heteroatoms. The molecule has 0 aromatic rings. The van der Waals surface area contributed by atoms with Crippen molar-refractivity contribution in [3.05, 3.63) is 0 Å². The number of nitrogens with two attached hydrogens (primary N) is 1. The Kier molecular flexibility index (Phi) is 7.37. The molecule has 0 radical (unpaired) electrons. The van der Waals surface area contributed by atoms with E-state index < -0.39 is 0 Å². The summed E-state index contributed by atoms with van der Waals surface area (Å²) in [6.07, 6.45) is 0. The summed E-state index contributed by atoms with van der Waals surface area (Å²) < 4.78 is 5.10. The lowest BCUT2D eigenvalue weighted by Gasteiger charge is -2.24. The van der Waals surface area contributed by atoms with Crippen molar-refractivity contribution in [1.29, 1.82) is 0 Å². The van der Waals surface area contributed by atoms with Crippen LogP contribution in [0.5, 0.6) is 0 Å². The van der Waals surface area contributed by atoms with Crippen molar-refractivity contribution in [2.24, 2.45) is 5.73 Å². The van der Waals surface area contributed by atoms with Crippen molar-refractivity contribution >= 4 is 5.91 Å². The zero-order valence-electron chi connectivity index (χ0n) is 8.90. The number of rotatable bonds is 8. The minimum absolute atomic E-state index is 0.0253. The number of carbonyl (C=O) groups is 1. The van der Waals surface area contributed by atoms with Gasteiger partial charge in [-0.2, -0.15) is 0 Å². The van der Waals surface area contributed by atoms with Gasteiger partial charge in [-0.25, -0.2) is 0 Å². The van der Waals surface area contributed by atoms with Crippen LogP contribution in [0.1, 0.15) is 13.8 Å². The standard InChI is InChI=1S/C9H20N2O3/c1-8(2)11(7-9(10)13)3-5-14-6-4-12/h8,12H,3-7H2,1-2H3,(H2,10,13). The summed E-state index contributed by atoms with van der Waals surface area (Å²) in [5, 5.41) is 8.47. The minimum atomic E-state index is -0.333. The summed E-state index contributed by atoms with van der Waals surface area (Å²) in [6.45, 7) is 5.76. The van der Waals surface area contributed by atoms with Gasteiger partial charge in [-0.05, 0) is 13.8 Å². The lowest BCUT2D eigenvalue weighted by molar-refractivity contribution is -0.119. The van der Waals surface area contributed by atoms with Crippen LogP contribution < -0.4 is 5.73 Å². The molecular weight excluding hydrogens is 184 g/mol. The maximum Gasteiger partial charge on any atom is 0.231 e. The van der Waals surface area contributed by atoms with Crippen molar-refractivity contribution in [3.63, 3.8) is 0 Å². The molecule has 0 fully saturated rings. The van der Waals surface area contributed by atoms with Gasteiger partial charge in [0, 0.05) is 12.6 Å². The third kappa shape index (κ3) is 6.82. The molecular formula is C9H20N2O3. The van der Waals surface area contributed by atoms with Gasteiger partial charge in [0.15, 0.2) is 0 Å². The maximum absolute atomic E-state index is 10.7. The maximum atomic E-state index is 10.7. The fourth-order valence-corrected chi connectivity index (χ4v) is 1.07. The van der Waals surface area contributed by atoms with Crippen LogP contribution in [0, 0.1) is 0 Å². The van der Waals surface area contributed by atoms with Crippen LogP contribution in [-0.2, 0) is 9.53 Å². The van der Waals surface area contributed by atoms with Gasteiger partial charge < -0.3 is 15.6 Å². The van der Waals surface area contributed by atoms with Gasteiger partial charge in [-0.1, -0.05) is 0 Å². The van der Waals surface area contributed by atoms with Gasteiger partial charge >= 0.3 is 0 Å². The highest BCUT2D eigenvalue weighted by atomic mass is 16.5. The van der Waals surface area contributed by atoms with Crippen LogP contribution >= 0.6 is 0 Å². The van der Waals surface area contributed by atoms with Crippen molar-refractivity contribution in [3.8, 4) is 0 Å². The second kappa shape index (κ2) is 7.73. The van der Waals surface area contributed by atoms with Gasteiger partial charge in [0.05, 0.1) is 26.4 Å². The first kappa shape index (κ1) is 13.4. The van der Waals surface area contributed by atoms with Crippen molar-refractivity contribution in [1.82, 2.24) is 4.90 Å². The Bertz CT molecular complexity index is 162. The molecule has 0 aliphatic heterocycles. The summed E-state index contributed by atoms with van der Waals surface area (Å²) in [7, 11) is 0. The number of aliphatic hydroxyl groups is 1. The van der Waals surface area contributed by atoms with Crippen LogP contribution in [0.4, 0.5) is 0 Å². The Morgan fingerprint density at radius 1 is 1.50 bits per heavy atom. The summed E-state index contributed by atoms with van der Waals surface area (Å²) in [4.78, 5) is 12.6. The molecule has 0 spiro atoms. The Hall–Kier alpha value is -0.650. The minimum Gasteiger partial charge on any atom is -0.394 e. The van der Waals surface area contributed by atoms with E-state index in [4.69, 9.17) is 15.6 Å². The van der Waals surface area contributed by atoms with Crippen LogP contribution in [0.15, 0.2) is 0 Å². The molecule has 0 bridgehead atoms.